The lowest BCUT2D eigenvalue weighted by Crippen LogP contribution is -1.82. The van der Waals surface area contributed by atoms with Gasteiger partial charge >= 0.3 is 0 Å². The Bertz CT molecular complexity index is 455. The van der Waals surface area contributed by atoms with E-state index >= 15 is 0 Å². The molecule has 2 N–H and O–H groups in total. The average molecular weight is 215 g/mol. The molecule has 0 radical (unpaired) electrons. The lowest BCUT2D eigenvalue weighted by molar-refractivity contribution is 0.415. The topological polar surface area (TPSA) is 48.1 Å². The van der Waals surface area contributed by atoms with Crippen molar-refractivity contribution in [2.24, 2.45) is 0 Å². The van der Waals surface area contributed by atoms with Crippen molar-refractivity contribution in [2.75, 3.05) is 12.8 Å². The summed E-state index contributed by atoms with van der Waals surface area (Å²) in [5.74, 6) is 0.723. The van der Waals surface area contributed by atoms with E-state index in [1.165, 1.54) is 11.3 Å². The van der Waals surface area contributed by atoms with Crippen molar-refractivity contribution in [3.05, 3.63) is 17.2 Å². The molecule has 2 aromatic rings. The van der Waals surface area contributed by atoms with E-state index in [0.717, 1.165) is 16.0 Å². The van der Waals surface area contributed by atoms with Crippen LogP contribution in [0.25, 0.3) is 10.2 Å². The molecule has 1 heterocycles. The monoisotopic (exact) mass is 214 g/mol. The summed E-state index contributed by atoms with van der Waals surface area (Å²) in [5, 5.41) is 1.09. The number of hydrogen-bond acceptors (Lipinski definition) is 4. The Morgan fingerprint density at radius 1 is 1.54 bits per heavy atom. The fraction of sp³-hybridized carbons (Fsp3) is 0.125. The van der Waals surface area contributed by atoms with Crippen molar-refractivity contribution in [2.45, 2.75) is 0 Å². The normalized spacial score (nSPS) is 10.6. The van der Waals surface area contributed by atoms with Crippen LogP contribution in [-0.2, 0) is 0 Å². The molecular weight excluding hydrogens is 208 g/mol. The number of nitrogens with zero attached hydrogens (tertiary/aromatic N) is 1. The molecule has 0 atom stereocenters. The van der Waals surface area contributed by atoms with E-state index in [4.69, 9.17) is 22.1 Å². The van der Waals surface area contributed by atoms with Crippen LogP contribution in [0.4, 0.5) is 5.13 Å². The molecular formula is C8H7ClN2OS. The maximum Gasteiger partial charge on any atom is 0.181 e. The van der Waals surface area contributed by atoms with Gasteiger partial charge in [0, 0.05) is 6.07 Å². The van der Waals surface area contributed by atoms with Gasteiger partial charge in [-0.2, -0.15) is 0 Å². The van der Waals surface area contributed by atoms with Crippen molar-refractivity contribution in [1.29, 1.82) is 0 Å². The molecule has 13 heavy (non-hydrogen) atoms. The first-order valence-corrected chi connectivity index (χ1v) is 4.79. The van der Waals surface area contributed by atoms with Crippen molar-refractivity contribution in [3.8, 4) is 5.75 Å². The van der Waals surface area contributed by atoms with Gasteiger partial charge in [0.2, 0.25) is 0 Å². The molecule has 0 aliphatic heterocycles. The van der Waals surface area contributed by atoms with E-state index in [-0.39, 0.29) is 0 Å². The van der Waals surface area contributed by atoms with Crippen LogP contribution in [-0.4, -0.2) is 12.1 Å². The molecule has 3 nitrogen and oxygen atoms in total. The first kappa shape index (κ1) is 8.59. The number of fused-ring (bicyclic) bond motifs is 1. The first-order chi connectivity index (χ1) is 6.20. The molecule has 1 aromatic heterocycles. The first-order valence-electron chi connectivity index (χ1n) is 3.60. The SMILES string of the molecule is COc1cc(Cl)c2nc(N)sc2c1. The van der Waals surface area contributed by atoms with E-state index in [0.29, 0.717) is 10.2 Å². The van der Waals surface area contributed by atoms with Gasteiger partial charge in [0.05, 0.1) is 16.8 Å². The van der Waals surface area contributed by atoms with Gasteiger partial charge < -0.3 is 10.5 Å². The number of hydrogen-bond donors (Lipinski definition) is 1. The predicted molar refractivity (Wildman–Crippen MR) is 55.6 cm³/mol. The zero-order valence-corrected chi connectivity index (χ0v) is 8.45. The molecule has 0 saturated heterocycles. The molecule has 0 aliphatic carbocycles. The summed E-state index contributed by atoms with van der Waals surface area (Å²) in [6.07, 6.45) is 0. The molecule has 2 rings (SSSR count). The van der Waals surface area contributed by atoms with Crippen LogP contribution < -0.4 is 10.5 Å². The van der Waals surface area contributed by atoms with E-state index in [1.807, 2.05) is 6.07 Å². The third-order valence-corrected chi connectivity index (χ3v) is 2.79. The largest absolute Gasteiger partial charge is 0.497 e. The number of nitrogen functional groups attached to an aromatic ring is 1. The highest BCUT2D eigenvalue weighted by Crippen LogP contribution is 2.33. The maximum absolute atomic E-state index is 5.96. The standard InChI is InChI=1S/C8H7ClN2OS/c1-12-4-2-5(9)7-6(3-4)13-8(10)11-7/h2-3H,1H3,(H2,10,11). The third kappa shape index (κ3) is 1.43. The summed E-state index contributed by atoms with van der Waals surface area (Å²) in [6, 6.07) is 3.60. The Balaban J connectivity index is 2.75. The minimum Gasteiger partial charge on any atom is -0.497 e. The van der Waals surface area contributed by atoms with E-state index in [9.17, 15) is 0 Å². The molecule has 0 bridgehead atoms. The van der Waals surface area contributed by atoms with E-state index in [2.05, 4.69) is 4.98 Å². The average Bonchev–Trinajstić information content (AvgIpc) is 2.46. The molecule has 68 valence electrons. The Hall–Kier alpha value is -1.00. The fourth-order valence-electron chi connectivity index (χ4n) is 1.10. The highest BCUT2D eigenvalue weighted by molar-refractivity contribution is 7.22. The van der Waals surface area contributed by atoms with Gasteiger partial charge in [-0.1, -0.05) is 22.9 Å². The number of halogens is 1. The lowest BCUT2D eigenvalue weighted by atomic mass is 10.3. The van der Waals surface area contributed by atoms with Gasteiger partial charge in [0.1, 0.15) is 11.3 Å². The van der Waals surface area contributed by atoms with E-state index < -0.39 is 0 Å². The molecule has 0 aliphatic rings. The van der Waals surface area contributed by atoms with Gasteiger partial charge in [-0.05, 0) is 6.07 Å². The quantitative estimate of drug-likeness (QED) is 0.794. The molecule has 0 unspecified atom stereocenters. The van der Waals surface area contributed by atoms with Crippen LogP contribution in [0.3, 0.4) is 0 Å². The van der Waals surface area contributed by atoms with Gasteiger partial charge in [-0.15, -0.1) is 0 Å². The molecule has 0 spiro atoms. The summed E-state index contributed by atoms with van der Waals surface area (Å²) < 4.78 is 6.01. The third-order valence-electron chi connectivity index (χ3n) is 1.67. The minimum absolute atomic E-state index is 0.519. The predicted octanol–water partition coefficient (Wildman–Crippen LogP) is 2.54. The number of benzene rings is 1. The van der Waals surface area contributed by atoms with Crippen molar-refractivity contribution < 1.29 is 4.74 Å². The van der Waals surface area contributed by atoms with Crippen molar-refractivity contribution in [1.82, 2.24) is 4.98 Å². The number of thiazole rings is 1. The van der Waals surface area contributed by atoms with E-state index in [1.54, 1.807) is 13.2 Å². The minimum atomic E-state index is 0.519. The van der Waals surface area contributed by atoms with Gasteiger partial charge in [0.15, 0.2) is 5.13 Å². The second-order valence-electron chi connectivity index (χ2n) is 2.51. The summed E-state index contributed by atoms with van der Waals surface area (Å²) in [4.78, 5) is 4.10. The number of methoxy groups -OCH3 is 1. The summed E-state index contributed by atoms with van der Waals surface area (Å²) in [5.41, 5.74) is 6.30. The van der Waals surface area contributed by atoms with Gasteiger partial charge in [-0.3, -0.25) is 0 Å². The molecule has 0 saturated carbocycles. The van der Waals surface area contributed by atoms with Gasteiger partial charge in [0.25, 0.3) is 0 Å². The zero-order valence-electron chi connectivity index (χ0n) is 6.87. The molecule has 0 fully saturated rings. The second kappa shape index (κ2) is 3.05. The number of ether oxygens (including phenoxy) is 1. The summed E-state index contributed by atoms with van der Waals surface area (Å²) in [6.45, 7) is 0. The highest BCUT2D eigenvalue weighted by Gasteiger charge is 2.07. The van der Waals surface area contributed by atoms with Crippen molar-refractivity contribution >= 4 is 38.3 Å². The van der Waals surface area contributed by atoms with Crippen molar-refractivity contribution in [3.63, 3.8) is 0 Å². The van der Waals surface area contributed by atoms with Crippen LogP contribution in [0.5, 0.6) is 5.75 Å². The fourth-order valence-corrected chi connectivity index (χ4v) is 2.20. The van der Waals surface area contributed by atoms with Crippen LogP contribution in [0, 0.1) is 0 Å². The summed E-state index contributed by atoms with van der Waals surface area (Å²) >= 11 is 7.36. The van der Waals surface area contributed by atoms with Crippen LogP contribution in [0.15, 0.2) is 12.1 Å². The lowest BCUT2D eigenvalue weighted by Gasteiger charge is -1.99. The van der Waals surface area contributed by atoms with Crippen LogP contribution in [0.2, 0.25) is 5.02 Å². The van der Waals surface area contributed by atoms with Crippen LogP contribution in [0.1, 0.15) is 0 Å². The number of anilines is 1. The smallest absolute Gasteiger partial charge is 0.181 e. The van der Waals surface area contributed by atoms with Crippen LogP contribution >= 0.6 is 22.9 Å². The second-order valence-corrected chi connectivity index (χ2v) is 3.98. The Morgan fingerprint density at radius 2 is 2.31 bits per heavy atom. The Morgan fingerprint density at radius 3 is 3.00 bits per heavy atom. The number of nitrogens with two attached hydrogens (primary N) is 1. The molecule has 1 aromatic carbocycles. The molecule has 5 heteroatoms. The highest BCUT2D eigenvalue weighted by atomic mass is 35.5. The maximum atomic E-state index is 5.96. The van der Waals surface area contributed by atoms with Gasteiger partial charge in [-0.25, -0.2) is 4.98 Å². The zero-order chi connectivity index (χ0) is 9.42. The Labute approximate surface area is 84.1 Å². The summed E-state index contributed by atoms with van der Waals surface area (Å²) in [7, 11) is 1.60. The molecule has 0 amide bonds. The number of rotatable bonds is 1. The Kier molecular flexibility index (Phi) is 2.01. The number of aromatic nitrogens is 1.